The van der Waals surface area contributed by atoms with Crippen LogP contribution in [-0.2, 0) is 19.9 Å². The number of aryl methyl sites for hydroxylation is 1. The van der Waals surface area contributed by atoms with E-state index >= 15 is 4.39 Å². The third kappa shape index (κ3) is 6.29. The summed E-state index contributed by atoms with van der Waals surface area (Å²) < 4.78 is 65.5. The lowest BCUT2D eigenvalue weighted by Crippen LogP contribution is -2.22. The number of carbonyl (C=O) groups is 1. The lowest BCUT2D eigenvalue weighted by atomic mass is 10.1. The van der Waals surface area contributed by atoms with Crippen molar-refractivity contribution in [3.63, 3.8) is 0 Å². The second-order valence-corrected chi connectivity index (χ2v) is 11.8. The summed E-state index contributed by atoms with van der Waals surface area (Å²) in [5.41, 5.74) is 0.602. The first-order valence-electron chi connectivity index (χ1n) is 10.3. The van der Waals surface area contributed by atoms with Crippen LogP contribution in [0.5, 0.6) is 0 Å². The van der Waals surface area contributed by atoms with E-state index < -0.39 is 37.3 Å². The zero-order valence-electron chi connectivity index (χ0n) is 18.2. The summed E-state index contributed by atoms with van der Waals surface area (Å²) in [6.07, 6.45) is 3.44. The number of aromatic nitrogens is 2. The van der Waals surface area contributed by atoms with Crippen molar-refractivity contribution in [1.82, 2.24) is 9.97 Å². The van der Waals surface area contributed by atoms with Gasteiger partial charge in [0, 0.05) is 17.3 Å². The van der Waals surface area contributed by atoms with Crippen LogP contribution in [-0.4, -0.2) is 50.0 Å². The van der Waals surface area contributed by atoms with Crippen LogP contribution in [0.1, 0.15) is 35.7 Å². The summed E-state index contributed by atoms with van der Waals surface area (Å²) >= 11 is 0. The van der Waals surface area contributed by atoms with Crippen LogP contribution in [0.2, 0.25) is 0 Å². The Kier molecular flexibility index (Phi) is 7.38. The molecule has 3 rings (SSSR count). The molecule has 2 heterocycles. The molecule has 0 fully saturated rings. The molecule has 1 aromatic carbocycles. The highest BCUT2D eigenvalue weighted by Gasteiger charge is 2.22. The molecule has 3 N–H and O–H groups in total. The van der Waals surface area contributed by atoms with Gasteiger partial charge in [-0.05, 0) is 43.5 Å². The van der Waals surface area contributed by atoms with Crippen molar-refractivity contribution >= 4 is 48.2 Å². The Labute approximate surface area is 191 Å². The molecule has 0 radical (unpaired) electrons. The molecule has 0 aliphatic carbocycles. The molecule has 0 atom stereocenters. The number of nitrogens with one attached hydrogen (secondary N) is 3. The highest BCUT2D eigenvalue weighted by atomic mass is 32.2. The first-order valence-corrected chi connectivity index (χ1v) is 13.7. The number of aromatic amines is 1. The Balaban J connectivity index is 1.75. The summed E-state index contributed by atoms with van der Waals surface area (Å²) in [6.45, 7) is 3.25. The number of halogens is 1. The zero-order chi connectivity index (χ0) is 24.2. The van der Waals surface area contributed by atoms with Crippen LogP contribution in [0, 0.1) is 12.7 Å². The third-order valence-corrected chi connectivity index (χ3v) is 8.18. The molecule has 9 nitrogen and oxygen atoms in total. The fourth-order valence-corrected chi connectivity index (χ4v) is 6.04. The Morgan fingerprint density at radius 2 is 1.88 bits per heavy atom. The van der Waals surface area contributed by atoms with Crippen molar-refractivity contribution < 1.29 is 26.0 Å². The number of carbonyl (C=O) groups excluding carboxylic acids is 1. The molecular weight excluding hydrogens is 471 g/mol. The standard InChI is InChI=1S/C21H25FN4O5S2/c1-3-9-32(28,29)10-4-11-33(30,31)26-17-6-5-14(2)18(19(17)22)21(27)25-16-12-15-7-8-23-20(15)24-13-16/h5-8,12-13,26H,3-4,9-11H2,1-2H3,(H,23,24)(H,25,27). The number of amides is 1. The van der Waals surface area contributed by atoms with Gasteiger partial charge in [0.05, 0.1) is 34.6 Å². The number of H-pyrrole nitrogens is 1. The van der Waals surface area contributed by atoms with Crippen LogP contribution in [0.3, 0.4) is 0 Å². The highest BCUT2D eigenvalue weighted by Crippen LogP contribution is 2.24. The molecule has 33 heavy (non-hydrogen) atoms. The van der Waals surface area contributed by atoms with Gasteiger partial charge in [0.1, 0.15) is 15.5 Å². The molecule has 178 valence electrons. The average molecular weight is 497 g/mol. The number of sulfone groups is 1. The fourth-order valence-electron chi connectivity index (χ4n) is 3.33. The molecular formula is C21H25FN4O5S2. The number of sulfonamides is 1. The van der Waals surface area contributed by atoms with Crippen LogP contribution in [0.15, 0.2) is 36.7 Å². The molecule has 0 unspecified atom stereocenters. The quantitative estimate of drug-likeness (QED) is 0.394. The monoisotopic (exact) mass is 496 g/mol. The minimum Gasteiger partial charge on any atom is -0.346 e. The zero-order valence-corrected chi connectivity index (χ0v) is 19.8. The normalized spacial score (nSPS) is 12.1. The summed E-state index contributed by atoms with van der Waals surface area (Å²) in [5, 5.41) is 3.33. The fraction of sp³-hybridized carbons (Fsp3) is 0.333. The lowest BCUT2D eigenvalue weighted by molar-refractivity contribution is 0.102. The van der Waals surface area contributed by atoms with Gasteiger partial charge < -0.3 is 10.3 Å². The number of hydrogen-bond acceptors (Lipinski definition) is 6. The van der Waals surface area contributed by atoms with Gasteiger partial charge in [0.2, 0.25) is 10.0 Å². The maximum Gasteiger partial charge on any atom is 0.259 e. The number of pyridine rings is 1. The number of fused-ring (bicyclic) bond motifs is 1. The first-order chi connectivity index (χ1) is 15.5. The second-order valence-electron chi connectivity index (χ2n) is 7.64. The topological polar surface area (TPSA) is 138 Å². The van der Waals surface area contributed by atoms with Gasteiger partial charge in [-0.3, -0.25) is 9.52 Å². The average Bonchev–Trinajstić information content (AvgIpc) is 3.17. The lowest BCUT2D eigenvalue weighted by Gasteiger charge is -2.14. The van der Waals surface area contributed by atoms with Gasteiger partial charge in [0.15, 0.2) is 5.82 Å². The van der Waals surface area contributed by atoms with Crippen LogP contribution >= 0.6 is 0 Å². The molecule has 12 heteroatoms. The Morgan fingerprint density at radius 1 is 1.12 bits per heavy atom. The first kappa shape index (κ1) is 24.6. The maximum absolute atomic E-state index is 15.1. The van der Waals surface area contributed by atoms with E-state index in [2.05, 4.69) is 20.0 Å². The Hall–Kier alpha value is -2.99. The molecule has 0 aliphatic heterocycles. The van der Waals surface area contributed by atoms with E-state index in [-0.39, 0.29) is 29.2 Å². The molecule has 0 saturated carbocycles. The number of hydrogen-bond donors (Lipinski definition) is 3. The van der Waals surface area contributed by atoms with E-state index in [1.165, 1.54) is 25.3 Å². The van der Waals surface area contributed by atoms with Crippen molar-refractivity contribution in [2.75, 3.05) is 27.3 Å². The molecule has 0 spiro atoms. The van der Waals surface area contributed by atoms with Crippen molar-refractivity contribution in [2.45, 2.75) is 26.7 Å². The SMILES string of the molecule is CCCS(=O)(=O)CCCS(=O)(=O)Nc1ccc(C)c(C(=O)Nc2cnc3[nH]ccc3c2)c1F. The second kappa shape index (κ2) is 9.87. The molecule has 3 aromatic rings. The van der Waals surface area contributed by atoms with Crippen LogP contribution in [0.4, 0.5) is 15.8 Å². The van der Waals surface area contributed by atoms with Gasteiger partial charge in [-0.1, -0.05) is 13.0 Å². The largest absolute Gasteiger partial charge is 0.346 e. The van der Waals surface area contributed by atoms with Crippen LogP contribution in [0.25, 0.3) is 11.0 Å². The molecule has 2 aromatic heterocycles. The minimum atomic E-state index is -4.03. The maximum atomic E-state index is 15.1. The summed E-state index contributed by atoms with van der Waals surface area (Å²) in [7, 11) is -7.35. The smallest absolute Gasteiger partial charge is 0.259 e. The van der Waals surface area contributed by atoms with Gasteiger partial charge in [-0.2, -0.15) is 0 Å². The predicted molar refractivity (Wildman–Crippen MR) is 126 cm³/mol. The summed E-state index contributed by atoms with van der Waals surface area (Å²) in [4.78, 5) is 19.8. The van der Waals surface area contributed by atoms with Gasteiger partial charge in [0.25, 0.3) is 5.91 Å². The number of rotatable bonds is 10. The Bertz CT molecular complexity index is 1380. The van der Waals surface area contributed by atoms with E-state index in [1.54, 1.807) is 25.3 Å². The molecule has 0 bridgehead atoms. The van der Waals surface area contributed by atoms with Crippen molar-refractivity contribution in [3.8, 4) is 0 Å². The predicted octanol–water partition coefficient (Wildman–Crippen LogP) is 3.22. The van der Waals surface area contributed by atoms with E-state index in [0.29, 0.717) is 23.3 Å². The number of anilines is 2. The molecule has 1 amide bonds. The Morgan fingerprint density at radius 3 is 2.61 bits per heavy atom. The van der Waals surface area contributed by atoms with Gasteiger partial charge in [-0.15, -0.1) is 0 Å². The number of nitrogens with zero attached hydrogens (tertiary/aromatic N) is 1. The minimum absolute atomic E-state index is 0.0158. The van der Waals surface area contributed by atoms with Crippen molar-refractivity contribution in [2.24, 2.45) is 0 Å². The molecule has 0 aliphatic rings. The van der Waals surface area contributed by atoms with Gasteiger partial charge in [-0.25, -0.2) is 26.2 Å². The van der Waals surface area contributed by atoms with Crippen LogP contribution < -0.4 is 10.0 Å². The highest BCUT2D eigenvalue weighted by molar-refractivity contribution is 7.93. The van der Waals surface area contributed by atoms with E-state index in [4.69, 9.17) is 0 Å². The van der Waals surface area contributed by atoms with Crippen molar-refractivity contribution in [1.29, 1.82) is 0 Å². The molecule has 0 saturated heterocycles. The van der Waals surface area contributed by atoms with E-state index in [0.717, 1.165) is 5.39 Å². The van der Waals surface area contributed by atoms with Gasteiger partial charge >= 0.3 is 0 Å². The van der Waals surface area contributed by atoms with E-state index in [1.807, 2.05) is 0 Å². The third-order valence-electron chi connectivity index (χ3n) is 4.88. The summed E-state index contributed by atoms with van der Waals surface area (Å²) in [5.74, 6) is -2.56. The van der Waals surface area contributed by atoms with E-state index in [9.17, 15) is 21.6 Å². The number of benzene rings is 1. The summed E-state index contributed by atoms with van der Waals surface area (Å²) in [6, 6.07) is 6.09. The van der Waals surface area contributed by atoms with Crippen molar-refractivity contribution in [3.05, 3.63) is 53.6 Å².